The average molecular weight is 270 g/mol. The number of hydrazine groups is 1. The number of rotatable bonds is 4. The summed E-state index contributed by atoms with van der Waals surface area (Å²) in [6, 6.07) is 1.69. The van der Waals surface area contributed by atoms with E-state index in [1.54, 1.807) is 13.0 Å². The Bertz CT molecular complexity index is 509. The van der Waals surface area contributed by atoms with Crippen LogP contribution in [0.1, 0.15) is 21.9 Å². The summed E-state index contributed by atoms with van der Waals surface area (Å²) in [5.74, 6) is 6.59. The molecule has 0 atom stereocenters. The highest BCUT2D eigenvalue weighted by Gasteiger charge is 2.14. The van der Waals surface area contributed by atoms with Gasteiger partial charge in [-0.3, -0.25) is 10.2 Å². The molecule has 0 radical (unpaired) electrons. The molecule has 2 aromatic rings. The van der Waals surface area contributed by atoms with Crippen LogP contribution in [0, 0.1) is 6.92 Å². The molecule has 0 bridgehead atoms. The molecule has 0 aromatic carbocycles. The van der Waals surface area contributed by atoms with Gasteiger partial charge in [0.25, 0.3) is 5.91 Å². The van der Waals surface area contributed by atoms with E-state index in [1.165, 1.54) is 29.6 Å². The van der Waals surface area contributed by atoms with Crippen molar-refractivity contribution in [3.05, 3.63) is 29.5 Å². The number of carbonyl (C=O) groups is 1. The van der Waals surface area contributed by atoms with Crippen molar-refractivity contribution in [3.63, 3.8) is 0 Å². The van der Waals surface area contributed by atoms with Crippen LogP contribution in [0.4, 0.5) is 0 Å². The Morgan fingerprint density at radius 3 is 3.18 bits per heavy atom. The molecule has 6 nitrogen and oxygen atoms in total. The number of nitrogens with one attached hydrogen (secondary N) is 1. The fraction of sp³-hybridized carbons (Fsp3) is 0.222. The van der Waals surface area contributed by atoms with Crippen molar-refractivity contribution in [3.8, 4) is 0 Å². The molecule has 2 rings (SSSR count). The molecule has 17 heavy (non-hydrogen) atoms. The van der Waals surface area contributed by atoms with Crippen LogP contribution in [0.25, 0.3) is 0 Å². The highest BCUT2D eigenvalue weighted by molar-refractivity contribution is 8.00. The zero-order valence-corrected chi connectivity index (χ0v) is 10.6. The highest BCUT2D eigenvalue weighted by atomic mass is 32.2. The van der Waals surface area contributed by atoms with Gasteiger partial charge < -0.3 is 4.42 Å². The van der Waals surface area contributed by atoms with E-state index in [-0.39, 0.29) is 5.91 Å². The summed E-state index contributed by atoms with van der Waals surface area (Å²) in [5.41, 5.74) is 2.54. The van der Waals surface area contributed by atoms with E-state index in [0.717, 1.165) is 4.34 Å². The quantitative estimate of drug-likeness (QED) is 0.377. The molecule has 0 saturated carbocycles. The first-order valence-electron chi connectivity index (χ1n) is 4.70. The number of thioether (sulfide) groups is 1. The molecule has 90 valence electrons. The molecule has 0 aliphatic carbocycles. The molecule has 2 aromatic heterocycles. The summed E-state index contributed by atoms with van der Waals surface area (Å²) in [6.45, 7) is 1.73. The number of furan rings is 1. The third-order valence-electron chi connectivity index (χ3n) is 2.02. The lowest BCUT2D eigenvalue weighted by atomic mass is 10.2. The number of hydrogen-bond acceptors (Lipinski definition) is 7. The Morgan fingerprint density at radius 2 is 2.53 bits per heavy atom. The van der Waals surface area contributed by atoms with Gasteiger partial charge in [0, 0.05) is 0 Å². The number of aryl methyl sites for hydroxylation is 1. The predicted molar refractivity (Wildman–Crippen MR) is 64.6 cm³/mol. The average Bonchev–Trinajstić information content (AvgIpc) is 2.94. The molecular formula is C9H10N4O2S2. The second kappa shape index (κ2) is 5.30. The number of hydrogen-bond donors (Lipinski definition) is 2. The van der Waals surface area contributed by atoms with Crippen LogP contribution in [0.5, 0.6) is 0 Å². The Morgan fingerprint density at radius 1 is 1.71 bits per heavy atom. The van der Waals surface area contributed by atoms with Crippen LogP contribution >= 0.6 is 23.3 Å². The molecule has 0 spiro atoms. The van der Waals surface area contributed by atoms with Crippen LogP contribution in [0.2, 0.25) is 0 Å². The van der Waals surface area contributed by atoms with Gasteiger partial charge in [-0.2, -0.15) is 4.37 Å². The SMILES string of the molecule is Cc1oc(CSc2ncns2)cc1C(=O)NN. The number of amides is 1. The van der Waals surface area contributed by atoms with Crippen molar-refractivity contribution in [2.24, 2.45) is 5.84 Å². The first-order valence-corrected chi connectivity index (χ1v) is 6.46. The second-order valence-corrected chi connectivity index (χ2v) is 5.15. The van der Waals surface area contributed by atoms with Crippen molar-refractivity contribution in [1.29, 1.82) is 0 Å². The molecule has 2 heterocycles. The van der Waals surface area contributed by atoms with Crippen LogP contribution in [0.3, 0.4) is 0 Å². The third-order valence-corrected chi connectivity index (χ3v) is 3.84. The molecule has 0 aliphatic rings. The van der Waals surface area contributed by atoms with E-state index in [2.05, 4.69) is 14.8 Å². The van der Waals surface area contributed by atoms with Crippen LogP contribution in [-0.4, -0.2) is 15.3 Å². The first kappa shape index (κ1) is 12.1. The van der Waals surface area contributed by atoms with E-state index < -0.39 is 0 Å². The first-order chi connectivity index (χ1) is 8.20. The van der Waals surface area contributed by atoms with Crippen molar-refractivity contribution in [2.75, 3.05) is 0 Å². The lowest BCUT2D eigenvalue weighted by molar-refractivity contribution is 0.0952. The standard InChI is InChI=1S/C9H10N4O2S2/c1-5-7(8(14)13-10)2-6(15-5)3-16-9-11-4-12-17-9/h2,4H,3,10H2,1H3,(H,13,14). The van der Waals surface area contributed by atoms with E-state index in [1.807, 2.05) is 0 Å². The van der Waals surface area contributed by atoms with E-state index in [9.17, 15) is 4.79 Å². The van der Waals surface area contributed by atoms with E-state index in [4.69, 9.17) is 10.3 Å². The van der Waals surface area contributed by atoms with Crippen LogP contribution in [0.15, 0.2) is 21.2 Å². The molecule has 3 N–H and O–H groups in total. The van der Waals surface area contributed by atoms with Gasteiger partial charge in [-0.25, -0.2) is 10.8 Å². The zero-order chi connectivity index (χ0) is 12.3. The summed E-state index contributed by atoms with van der Waals surface area (Å²) < 4.78 is 10.2. The smallest absolute Gasteiger partial charge is 0.268 e. The summed E-state index contributed by atoms with van der Waals surface area (Å²) in [6.07, 6.45) is 1.51. The van der Waals surface area contributed by atoms with Gasteiger partial charge in [-0.05, 0) is 24.5 Å². The molecule has 1 amide bonds. The topological polar surface area (TPSA) is 94.0 Å². The Hall–Kier alpha value is -1.38. The van der Waals surface area contributed by atoms with Crippen LogP contribution in [-0.2, 0) is 5.75 Å². The number of nitrogens with two attached hydrogens (primary N) is 1. The number of aromatic nitrogens is 2. The fourth-order valence-electron chi connectivity index (χ4n) is 1.28. The number of nitrogen functional groups attached to an aromatic ring is 1. The van der Waals surface area contributed by atoms with Crippen molar-refractivity contribution >= 4 is 29.2 Å². The zero-order valence-electron chi connectivity index (χ0n) is 8.97. The van der Waals surface area contributed by atoms with Gasteiger partial charge in [0.1, 0.15) is 17.8 Å². The van der Waals surface area contributed by atoms with Gasteiger partial charge >= 0.3 is 0 Å². The Balaban J connectivity index is 2.05. The minimum atomic E-state index is -0.349. The van der Waals surface area contributed by atoms with Crippen molar-refractivity contribution in [2.45, 2.75) is 17.0 Å². The van der Waals surface area contributed by atoms with Gasteiger partial charge in [0.05, 0.1) is 11.3 Å². The van der Waals surface area contributed by atoms with E-state index in [0.29, 0.717) is 22.8 Å². The minimum absolute atomic E-state index is 0.349. The third kappa shape index (κ3) is 2.84. The predicted octanol–water partition coefficient (Wildman–Crippen LogP) is 1.34. The molecule has 0 aliphatic heterocycles. The molecule has 8 heteroatoms. The molecular weight excluding hydrogens is 260 g/mol. The number of carbonyl (C=O) groups excluding carboxylic acids is 1. The fourth-order valence-corrected chi connectivity index (χ4v) is 2.60. The van der Waals surface area contributed by atoms with Crippen LogP contribution < -0.4 is 11.3 Å². The lowest BCUT2D eigenvalue weighted by Gasteiger charge is -1.93. The highest BCUT2D eigenvalue weighted by Crippen LogP contribution is 2.25. The molecule has 0 saturated heterocycles. The molecule has 0 fully saturated rings. The Labute approximate surface area is 106 Å². The lowest BCUT2D eigenvalue weighted by Crippen LogP contribution is -2.30. The summed E-state index contributed by atoms with van der Waals surface area (Å²) in [4.78, 5) is 15.4. The maximum absolute atomic E-state index is 11.4. The summed E-state index contributed by atoms with van der Waals surface area (Å²) in [7, 11) is 0. The second-order valence-electron chi connectivity index (χ2n) is 3.15. The van der Waals surface area contributed by atoms with Crippen molar-refractivity contribution < 1.29 is 9.21 Å². The normalized spacial score (nSPS) is 10.5. The maximum Gasteiger partial charge on any atom is 0.268 e. The maximum atomic E-state index is 11.4. The largest absolute Gasteiger partial charge is 0.465 e. The summed E-state index contributed by atoms with van der Waals surface area (Å²) in [5, 5.41) is 0. The Kier molecular flexibility index (Phi) is 3.77. The number of nitrogens with zero attached hydrogens (tertiary/aromatic N) is 2. The summed E-state index contributed by atoms with van der Waals surface area (Å²) >= 11 is 2.83. The van der Waals surface area contributed by atoms with Gasteiger partial charge in [0.15, 0.2) is 4.34 Å². The van der Waals surface area contributed by atoms with Gasteiger partial charge in [-0.15, -0.1) is 0 Å². The monoisotopic (exact) mass is 270 g/mol. The van der Waals surface area contributed by atoms with Crippen molar-refractivity contribution in [1.82, 2.24) is 14.8 Å². The van der Waals surface area contributed by atoms with Gasteiger partial charge in [-0.1, -0.05) is 11.8 Å². The minimum Gasteiger partial charge on any atom is -0.465 e. The van der Waals surface area contributed by atoms with Gasteiger partial charge in [0.2, 0.25) is 0 Å². The van der Waals surface area contributed by atoms with E-state index >= 15 is 0 Å². The molecule has 0 unspecified atom stereocenters.